The van der Waals surface area contributed by atoms with Crippen LogP contribution in [-0.4, -0.2) is 84.7 Å². The van der Waals surface area contributed by atoms with E-state index in [1.165, 1.54) is 5.01 Å². The first-order valence-corrected chi connectivity index (χ1v) is 11.1. The second kappa shape index (κ2) is 10.7. The van der Waals surface area contributed by atoms with E-state index in [1.807, 2.05) is 30.3 Å². The van der Waals surface area contributed by atoms with Gasteiger partial charge in [0.15, 0.2) is 0 Å². The molecule has 0 aliphatic carbocycles. The molecule has 3 rings (SSSR count). The molecule has 1 saturated heterocycles. The number of nitrogens with one attached hydrogen (secondary N) is 1. The maximum atomic E-state index is 12.5. The number of amides is 2. The van der Waals surface area contributed by atoms with Gasteiger partial charge >= 0.3 is 0 Å². The van der Waals surface area contributed by atoms with Crippen molar-refractivity contribution < 1.29 is 9.59 Å². The number of rotatable bonds is 8. The summed E-state index contributed by atoms with van der Waals surface area (Å²) in [5.41, 5.74) is 1.98. The normalized spacial score (nSPS) is 19.1. The quantitative estimate of drug-likeness (QED) is 0.706. The van der Waals surface area contributed by atoms with Gasteiger partial charge in [0.25, 0.3) is 0 Å². The molecule has 2 aliphatic heterocycles. The molecule has 30 heavy (non-hydrogen) atoms. The second-order valence-electron chi connectivity index (χ2n) is 8.63. The summed E-state index contributed by atoms with van der Waals surface area (Å²) in [6.07, 6.45) is 1.15. The van der Waals surface area contributed by atoms with Crippen molar-refractivity contribution >= 4 is 17.5 Å². The minimum Gasteiger partial charge on any atom is -0.355 e. The highest BCUT2D eigenvalue weighted by molar-refractivity contribution is 6.02. The predicted molar refractivity (Wildman–Crippen MR) is 119 cm³/mol. The molecule has 1 unspecified atom stereocenters. The molecule has 0 saturated carbocycles. The van der Waals surface area contributed by atoms with Gasteiger partial charge in [-0.15, -0.1) is 0 Å². The third kappa shape index (κ3) is 6.12. The second-order valence-corrected chi connectivity index (χ2v) is 8.63. The van der Waals surface area contributed by atoms with E-state index >= 15 is 0 Å². The first-order valence-electron chi connectivity index (χ1n) is 11.1. The van der Waals surface area contributed by atoms with Crippen LogP contribution in [0.5, 0.6) is 0 Å². The van der Waals surface area contributed by atoms with Crippen LogP contribution in [0, 0.1) is 5.92 Å². The van der Waals surface area contributed by atoms with Crippen LogP contribution in [0.1, 0.15) is 38.7 Å². The number of likely N-dealkylation sites (N-methyl/N-ethyl adjacent to an activating group) is 1. The van der Waals surface area contributed by atoms with Gasteiger partial charge in [-0.1, -0.05) is 44.2 Å². The van der Waals surface area contributed by atoms with E-state index in [9.17, 15) is 9.59 Å². The van der Waals surface area contributed by atoms with E-state index in [2.05, 4.69) is 41.1 Å². The summed E-state index contributed by atoms with van der Waals surface area (Å²) in [7, 11) is 2.15. The van der Waals surface area contributed by atoms with Crippen molar-refractivity contribution in [1.29, 1.82) is 0 Å². The Bertz CT molecular complexity index is 741. The standard InChI is InChI=1S/C23H35N5O2/c1-18(2)21(27-15-13-26(3)14-16-27)17-24-22(29)9-10-23(30)28-12-11-20(25-28)19-7-5-4-6-8-19/h4-8,18,21H,9-17H2,1-3H3,(H,24,29). The van der Waals surface area contributed by atoms with Gasteiger partial charge in [-0.2, -0.15) is 5.10 Å². The molecule has 1 fully saturated rings. The molecular weight excluding hydrogens is 378 g/mol. The topological polar surface area (TPSA) is 68.2 Å². The highest BCUT2D eigenvalue weighted by Crippen LogP contribution is 2.15. The Morgan fingerprint density at radius 1 is 1.03 bits per heavy atom. The summed E-state index contributed by atoms with van der Waals surface area (Å²) < 4.78 is 0. The third-order valence-corrected chi connectivity index (χ3v) is 6.05. The Morgan fingerprint density at radius 3 is 2.40 bits per heavy atom. The molecular formula is C23H35N5O2. The van der Waals surface area contributed by atoms with E-state index in [0.29, 0.717) is 25.0 Å². The van der Waals surface area contributed by atoms with Crippen molar-refractivity contribution in [2.45, 2.75) is 39.2 Å². The molecule has 1 aromatic rings. The highest BCUT2D eigenvalue weighted by Gasteiger charge is 2.26. The fourth-order valence-corrected chi connectivity index (χ4v) is 4.07. The lowest BCUT2D eigenvalue weighted by atomic mass is 10.0. The Kier molecular flexibility index (Phi) is 7.99. The minimum atomic E-state index is -0.0874. The zero-order valence-electron chi connectivity index (χ0n) is 18.5. The van der Waals surface area contributed by atoms with Gasteiger partial charge in [0.2, 0.25) is 11.8 Å². The van der Waals surface area contributed by atoms with Crippen LogP contribution in [0.25, 0.3) is 0 Å². The first kappa shape index (κ1) is 22.4. The highest BCUT2D eigenvalue weighted by atomic mass is 16.2. The molecule has 7 nitrogen and oxygen atoms in total. The molecule has 2 amide bonds. The fraction of sp³-hybridized carbons (Fsp3) is 0.609. The summed E-state index contributed by atoms with van der Waals surface area (Å²) in [6.45, 7) is 9.81. The lowest BCUT2D eigenvalue weighted by molar-refractivity contribution is -0.133. The summed E-state index contributed by atoms with van der Waals surface area (Å²) in [4.78, 5) is 29.7. The molecule has 7 heteroatoms. The molecule has 2 aliphatic rings. The number of hydrogen-bond donors (Lipinski definition) is 1. The van der Waals surface area contributed by atoms with Crippen molar-refractivity contribution in [3.8, 4) is 0 Å². The van der Waals surface area contributed by atoms with Crippen molar-refractivity contribution in [3.05, 3.63) is 35.9 Å². The lowest BCUT2D eigenvalue weighted by Crippen LogP contribution is -2.54. The maximum absolute atomic E-state index is 12.5. The van der Waals surface area contributed by atoms with Gasteiger partial charge < -0.3 is 10.2 Å². The van der Waals surface area contributed by atoms with Crippen LogP contribution in [0.15, 0.2) is 35.4 Å². The molecule has 0 spiro atoms. The van der Waals surface area contributed by atoms with E-state index in [1.54, 1.807) is 0 Å². The average molecular weight is 414 g/mol. The Morgan fingerprint density at radius 2 is 1.73 bits per heavy atom. The summed E-state index contributed by atoms with van der Waals surface area (Å²) in [5.74, 6) is 0.316. The average Bonchev–Trinajstić information content (AvgIpc) is 3.24. The monoisotopic (exact) mass is 413 g/mol. The number of nitrogens with zero attached hydrogens (tertiary/aromatic N) is 4. The summed E-state index contributed by atoms with van der Waals surface area (Å²) in [6, 6.07) is 10.2. The van der Waals surface area contributed by atoms with Crippen molar-refractivity contribution in [3.63, 3.8) is 0 Å². The fourth-order valence-electron chi connectivity index (χ4n) is 4.07. The maximum Gasteiger partial charge on any atom is 0.243 e. The van der Waals surface area contributed by atoms with E-state index < -0.39 is 0 Å². The zero-order valence-corrected chi connectivity index (χ0v) is 18.5. The van der Waals surface area contributed by atoms with Gasteiger partial charge in [-0.3, -0.25) is 14.5 Å². The molecule has 1 N–H and O–H groups in total. The minimum absolute atomic E-state index is 0.0606. The van der Waals surface area contributed by atoms with Gasteiger partial charge in [-0.25, -0.2) is 5.01 Å². The Labute approximate surface area is 180 Å². The Balaban J connectivity index is 1.42. The SMILES string of the molecule is CC(C)C(CNC(=O)CCC(=O)N1CCC(c2ccccc2)=N1)N1CCN(C)CC1. The molecule has 1 atom stereocenters. The number of carbonyl (C=O) groups excluding carboxylic acids is 2. The van der Waals surface area contributed by atoms with Gasteiger partial charge in [0.1, 0.15) is 0 Å². The van der Waals surface area contributed by atoms with Gasteiger partial charge in [0, 0.05) is 58.0 Å². The number of piperazine rings is 1. The number of carbonyl (C=O) groups is 2. The molecule has 0 bridgehead atoms. The van der Waals surface area contributed by atoms with Crippen molar-refractivity contribution in [1.82, 2.24) is 20.1 Å². The third-order valence-electron chi connectivity index (χ3n) is 6.05. The molecule has 164 valence electrons. The van der Waals surface area contributed by atoms with Crippen molar-refractivity contribution in [2.24, 2.45) is 11.0 Å². The van der Waals surface area contributed by atoms with Gasteiger partial charge in [-0.05, 0) is 18.5 Å². The van der Waals surface area contributed by atoms with Crippen LogP contribution in [-0.2, 0) is 9.59 Å². The first-order chi connectivity index (χ1) is 14.4. The van der Waals surface area contributed by atoms with E-state index in [4.69, 9.17) is 0 Å². The number of hydrazone groups is 1. The van der Waals surface area contributed by atoms with Gasteiger partial charge in [0.05, 0.1) is 12.3 Å². The van der Waals surface area contributed by atoms with Crippen molar-refractivity contribution in [2.75, 3.05) is 46.3 Å². The largest absolute Gasteiger partial charge is 0.355 e. The zero-order chi connectivity index (χ0) is 21.5. The molecule has 0 radical (unpaired) electrons. The number of hydrogen-bond acceptors (Lipinski definition) is 5. The van der Waals surface area contributed by atoms with E-state index in [0.717, 1.165) is 43.9 Å². The van der Waals surface area contributed by atoms with Crippen LogP contribution in [0.4, 0.5) is 0 Å². The molecule has 1 aromatic carbocycles. The number of benzene rings is 1. The van der Waals surface area contributed by atoms with Crippen LogP contribution in [0.3, 0.4) is 0 Å². The Hall–Kier alpha value is -2.25. The lowest BCUT2D eigenvalue weighted by Gasteiger charge is -2.39. The van der Waals surface area contributed by atoms with Crippen LogP contribution < -0.4 is 5.32 Å². The predicted octanol–water partition coefficient (Wildman–Crippen LogP) is 1.79. The summed E-state index contributed by atoms with van der Waals surface area (Å²) >= 11 is 0. The smallest absolute Gasteiger partial charge is 0.243 e. The molecule has 2 heterocycles. The van der Waals surface area contributed by atoms with Crippen LogP contribution >= 0.6 is 0 Å². The summed E-state index contributed by atoms with van der Waals surface area (Å²) in [5, 5.41) is 9.02. The van der Waals surface area contributed by atoms with Crippen LogP contribution in [0.2, 0.25) is 0 Å². The van der Waals surface area contributed by atoms with E-state index in [-0.39, 0.29) is 24.7 Å². The molecule has 0 aromatic heterocycles.